The molecule has 4 nitrogen and oxygen atoms in total. The van der Waals surface area contributed by atoms with E-state index in [1.165, 1.54) is 23.1 Å². The molecule has 0 bridgehead atoms. The molecule has 1 amide bonds. The molecule has 0 saturated carbocycles. The molecule has 1 fully saturated rings. The van der Waals surface area contributed by atoms with Gasteiger partial charge in [-0.25, -0.2) is 4.39 Å². The van der Waals surface area contributed by atoms with E-state index in [1.54, 1.807) is 6.92 Å². The highest BCUT2D eigenvalue weighted by atomic mass is 35.5. The monoisotopic (exact) mass is 439 g/mol. The normalized spacial score (nSPS) is 17.7. The zero-order valence-corrected chi connectivity index (χ0v) is 16.7. The predicted molar refractivity (Wildman–Crippen MR) is 104 cm³/mol. The molecular weight excluding hydrogens is 422 g/mol. The zero-order valence-electron chi connectivity index (χ0n) is 15.9. The summed E-state index contributed by atoms with van der Waals surface area (Å²) in [6, 6.07) is 7.88. The smallest absolute Gasteiger partial charge is 0.378 e. The van der Waals surface area contributed by atoms with Crippen LogP contribution in [0.3, 0.4) is 0 Å². The van der Waals surface area contributed by atoms with Crippen molar-refractivity contribution in [2.75, 3.05) is 18.4 Å². The molecule has 0 radical (unpaired) electrons. The number of nitriles is 1. The summed E-state index contributed by atoms with van der Waals surface area (Å²) in [5.74, 6) is -1.80. The number of halogens is 5. The van der Waals surface area contributed by atoms with E-state index in [0.717, 1.165) is 18.2 Å². The molecule has 2 atom stereocenters. The van der Waals surface area contributed by atoms with Gasteiger partial charge in [-0.2, -0.15) is 18.4 Å². The van der Waals surface area contributed by atoms with Gasteiger partial charge in [0.2, 0.25) is 5.91 Å². The fourth-order valence-electron chi connectivity index (χ4n) is 3.73. The molecule has 1 N–H and O–H groups in total. The molecule has 30 heavy (non-hydrogen) atoms. The predicted octanol–water partition coefficient (Wildman–Crippen LogP) is 5.39. The molecule has 1 saturated heterocycles. The Morgan fingerprint density at radius 3 is 2.63 bits per heavy atom. The largest absolute Gasteiger partial charge is 0.416 e. The van der Waals surface area contributed by atoms with Crippen LogP contribution in [0.5, 0.6) is 0 Å². The molecule has 3 rings (SSSR count). The van der Waals surface area contributed by atoms with Crippen molar-refractivity contribution < 1.29 is 22.4 Å². The lowest BCUT2D eigenvalue weighted by Gasteiger charge is -2.29. The van der Waals surface area contributed by atoms with Crippen LogP contribution in [0, 0.1) is 23.1 Å². The summed E-state index contributed by atoms with van der Waals surface area (Å²) in [6.45, 7) is 2.38. The summed E-state index contributed by atoms with van der Waals surface area (Å²) >= 11 is 6.04. The first kappa shape index (κ1) is 21.9. The van der Waals surface area contributed by atoms with E-state index in [9.17, 15) is 22.4 Å². The lowest BCUT2D eigenvalue weighted by Crippen LogP contribution is -2.29. The zero-order chi connectivity index (χ0) is 22.1. The number of carbonyl (C=O) groups is 1. The molecule has 0 aliphatic carbocycles. The van der Waals surface area contributed by atoms with Gasteiger partial charge < -0.3 is 10.2 Å². The Kier molecular flexibility index (Phi) is 6.22. The maximum Gasteiger partial charge on any atom is 0.416 e. The van der Waals surface area contributed by atoms with Crippen LogP contribution >= 0.6 is 11.6 Å². The number of hydrogen-bond acceptors (Lipinski definition) is 3. The molecule has 2 aromatic carbocycles. The highest BCUT2D eigenvalue weighted by Crippen LogP contribution is 2.42. The molecule has 158 valence electrons. The van der Waals surface area contributed by atoms with Crippen molar-refractivity contribution >= 4 is 23.2 Å². The molecule has 0 aromatic heterocycles. The molecule has 9 heteroatoms. The third-order valence-corrected chi connectivity index (χ3v) is 5.49. The van der Waals surface area contributed by atoms with Gasteiger partial charge in [0.1, 0.15) is 11.9 Å². The van der Waals surface area contributed by atoms with E-state index in [-0.39, 0.29) is 29.5 Å². The van der Waals surface area contributed by atoms with E-state index in [4.69, 9.17) is 16.9 Å². The third-order valence-electron chi connectivity index (χ3n) is 5.18. The molecule has 2 aromatic rings. The molecule has 1 aliphatic heterocycles. The van der Waals surface area contributed by atoms with Gasteiger partial charge in [0, 0.05) is 36.7 Å². The number of amides is 1. The van der Waals surface area contributed by atoms with E-state index in [2.05, 4.69) is 5.32 Å². The van der Waals surface area contributed by atoms with Crippen molar-refractivity contribution in [1.82, 2.24) is 4.90 Å². The van der Waals surface area contributed by atoms with Crippen molar-refractivity contribution in [2.45, 2.75) is 25.6 Å². The second kappa shape index (κ2) is 8.52. The molecule has 1 unspecified atom stereocenters. The Labute approximate surface area is 176 Å². The maximum absolute atomic E-state index is 14.8. The minimum Gasteiger partial charge on any atom is -0.378 e. The minimum atomic E-state index is -4.77. The Morgan fingerprint density at radius 2 is 2.07 bits per heavy atom. The first-order chi connectivity index (χ1) is 14.2. The first-order valence-electron chi connectivity index (χ1n) is 9.25. The van der Waals surface area contributed by atoms with Crippen molar-refractivity contribution in [3.8, 4) is 6.07 Å². The summed E-state index contributed by atoms with van der Waals surface area (Å²) < 4.78 is 55.8. The number of likely N-dealkylation sites (tertiary alicyclic amines) is 1. The van der Waals surface area contributed by atoms with Crippen LogP contribution < -0.4 is 5.32 Å². The number of anilines is 1. The number of rotatable bonds is 5. The average molecular weight is 440 g/mol. The fraction of sp³-hybridized carbons (Fsp3) is 0.333. The topological polar surface area (TPSA) is 56.1 Å². The van der Waals surface area contributed by atoms with Crippen LogP contribution in [0.4, 0.5) is 23.2 Å². The van der Waals surface area contributed by atoms with Gasteiger partial charge in [0.15, 0.2) is 0 Å². The van der Waals surface area contributed by atoms with E-state index >= 15 is 0 Å². The number of nitrogens with one attached hydrogen (secondary N) is 1. The van der Waals surface area contributed by atoms with Crippen LogP contribution in [0.1, 0.15) is 36.1 Å². The second-order valence-electron chi connectivity index (χ2n) is 7.02. The quantitative estimate of drug-likeness (QED) is 0.635. The minimum absolute atomic E-state index is 0.0127. The fourth-order valence-corrected chi connectivity index (χ4v) is 3.96. The standard InChI is InChI=1S/C21H18ClF4N3O/c1-2-29-11-13(8-18(29)30)20(28-14-7-6-12(10-27)16(22)9-14)19-15(21(24,25)26)4-3-5-17(19)23/h3-7,9,13,20,28H,2,8,11H2,1H3/t13-,20?/m0/s1. The van der Waals surface area contributed by atoms with Crippen molar-refractivity contribution in [3.05, 3.63) is 63.9 Å². The van der Waals surface area contributed by atoms with Gasteiger partial charge in [0.05, 0.1) is 22.2 Å². The second-order valence-corrected chi connectivity index (χ2v) is 7.43. The lowest BCUT2D eigenvalue weighted by atomic mass is 9.88. The van der Waals surface area contributed by atoms with Gasteiger partial charge in [-0.05, 0) is 37.3 Å². The van der Waals surface area contributed by atoms with Crippen molar-refractivity contribution in [1.29, 1.82) is 5.26 Å². The molecular formula is C21H18ClF4N3O. The van der Waals surface area contributed by atoms with E-state index in [0.29, 0.717) is 12.2 Å². The summed E-state index contributed by atoms with van der Waals surface area (Å²) in [5, 5.41) is 12.1. The molecule has 0 spiro atoms. The van der Waals surface area contributed by atoms with Gasteiger partial charge in [-0.15, -0.1) is 0 Å². The van der Waals surface area contributed by atoms with Crippen molar-refractivity contribution in [3.63, 3.8) is 0 Å². The summed E-state index contributed by atoms with van der Waals surface area (Å²) in [7, 11) is 0. The Bertz CT molecular complexity index is 1000. The highest BCUT2D eigenvalue weighted by molar-refractivity contribution is 6.32. The van der Waals surface area contributed by atoms with Crippen LogP contribution in [0.15, 0.2) is 36.4 Å². The number of nitrogens with zero attached hydrogens (tertiary/aromatic N) is 2. The SMILES string of the molecule is CCN1C[C@@H](C(Nc2ccc(C#N)c(Cl)c2)c2c(F)cccc2C(F)(F)F)CC1=O. The average Bonchev–Trinajstić information content (AvgIpc) is 3.06. The summed E-state index contributed by atoms with van der Waals surface area (Å²) in [4.78, 5) is 13.8. The Morgan fingerprint density at radius 1 is 1.33 bits per heavy atom. The lowest BCUT2D eigenvalue weighted by molar-refractivity contribution is -0.138. The Balaban J connectivity index is 2.09. The van der Waals surface area contributed by atoms with E-state index < -0.39 is 35.1 Å². The molecule has 1 heterocycles. The summed E-state index contributed by atoms with van der Waals surface area (Å²) in [5.41, 5.74) is -1.11. The Hall–Kier alpha value is -2.79. The van der Waals surface area contributed by atoms with Crippen LogP contribution in [0.2, 0.25) is 5.02 Å². The van der Waals surface area contributed by atoms with Gasteiger partial charge in [0.25, 0.3) is 0 Å². The van der Waals surface area contributed by atoms with Crippen LogP contribution in [-0.4, -0.2) is 23.9 Å². The number of benzene rings is 2. The van der Waals surface area contributed by atoms with Gasteiger partial charge in [-0.3, -0.25) is 4.79 Å². The number of carbonyl (C=O) groups excluding carboxylic acids is 1. The van der Waals surface area contributed by atoms with E-state index in [1.807, 2.05) is 6.07 Å². The number of alkyl halides is 3. The first-order valence-corrected chi connectivity index (χ1v) is 9.63. The van der Waals surface area contributed by atoms with Crippen LogP contribution in [-0.2, 0) is 11.0 Å². The summed E-state index contributed by atoms with van der Waals surface area (Å²) in [6.07, 6.45) is -4.78. The van der Waals surface area contributed by atoms with Gasteiger partial charge in [-0.1, -0.05) is 17.7 Å². The third kappa shape index (κ3) is 4.36. The number of hydrogen-bond donors (Lipinski definition) is 1. The van der Waals surface area contributed by atoms with Crippen LogP contribution in [0.25, 0.3) is 0 Å². The molecule has 1 aliphatic rings. The van der Waals surface area contributed by atoms with Crippen molar-refractivity contribution in [2.24, 2.45) is 5.92 Å². The maximum atomic E-state index is 14.8. The van der Waals surface area contributed by atoms with Gasteiger partial charge >= 0.3 is 6.18 Å². The highest BCUT2D eigenvalue weighted by Gasteiger charge is 2.42.